The highest BCUT2D eigenvalue weighted by atomic mass is 19.4. The Hall–Kier alpha value is -4.15. The molecule has 0 bridgehead atoms. The lowest BCUT2D eigenvalue weighted by Gasteiger charge is -2.12. The second-order valence-corrected chi connectivity index (χ2v) is 8.90. The number of hydrogen-bond donors (Lipinski definition) is 0. The van der Waals surface area contributed by atoms with Crippen molar-refractivity contribution in [3.63, 3.8) is 0 Å². The van der Waals surface area contributed by atoms with Gasteiger partial charge >= 0.3 is 6.18 Å². The average molecular weight is 493 g/mol. The van der Waals surface area contributed by atoms with Crippen LogP contribution in [0.2, 0.25) is 0 Å². The predicted molar refractivity (Wildman–Crippen MR) is 128 cm³/mol. The molecule has 5 rings (SSSR count). The molecule has 0 spiro atoms. The maximum Gasteiger partial charge on any atom is 0.435 e. The lowest BCUT2D eigenvalue weighted by molar-refractivity contribution is -0.141. The van der Waals surface area contributed by atoms with E-state index in [0.717, 1.165) is 34.0 Å². The van der Waals surface area contributed by atoms with Crippen LogP contribution in [0.3, 0.4) is 0 Å². The topological polar surface area (TPSA) is 87.2 Å². The van der Waals surface area contributed by atoms with E-state index in [2.05, 4.69) is 39.0 Å². The lowest BCUT2D eigenvalue weighted by atomic mass is 10.0. The molecule has 0 aliphatic carbocycles. The standard InChI is InChI=1S/C25H23F3N8/c1-14(2)22-21(16(4)30-13-31-22)23-29-10-18-11-32-35(24(18)33-23)12-17-5-7-19(8-6-17)36-15(3)9-20(34-36)25(26,27)28/h5-11,13-14H,12H2,1-4H3. The first-order valence-electron chi connectivity index (χ1n) is 11.4. The highest BCUT2D eigenvalue weighted by Crippen LogP contribution is 2.30. The lowest BCUT2D eigenvalue weighted by Crippen LogP contribution is -2.08. The summed E-state index contributed by atoms with van der Waals surface area (Å²) in [6.45, 7) is 8.05. The molecule has 4 heterocycles. The van der Waals surface area contributed by atoms with E-state index in [4.69, 9.17) is 4.98 Å². The molecule has 0 saturated carbocycles. The zero-order valence-electron chi connectivity index (χ0n) is 20.1. The zero-order chi connectivity index (χ0) is 25.6. The van der Waals surface area contributed by atoms with Gasteiger partial charge in [-0.2, -0.15) is 23.4 Å². The molecule has 36 heavy (non-hydrogen) atoms. The Morgan fingerprint density at radius 3 is 2.39 bits per heavy atom. The number of fused-ring (bicyclic) bond motifs is 1. The molecular formula is C25H23F3N8. The van der Waals surface area contributed by atoms with Crippen LogP contribution < -0.4 is 0 Å². The van der Waals surface area contributed by atoms with Gasteiger partial charge in [0.05, 0.1) is 40.8 Å². The summed E-state index contributed by atoms with van der Waals surface area (Å²) >= 11 is 0. The minimum Gasteiger partial charge on any atom is -0.243 e. The summed E-state index contributed by atoms with van der Waals surface area (Å²) in [5, 5.41) is 8.97. The SMILES string of the molecule is Cc1ncnc(C(C)C)c1-c1ncc2cnn(Cc3ccc(-n4nc(C(F)(F)F)cc4C)cc3)c2n1. The summed E-state index contributed by atoms with van der Waals surface area (Å²) in [6, 6.07) is 8.18. The van der Waals surface area contributed by atoms with Crippen molar-refractivity contribution in [2.75, 3.05) is 0 Å². The van der Waals surface area contributed by atoms with Crippen molar-refractivity contribution in [2.24, 2.45) is 0 Å². The first kappa shape index (κ1) is 23.6. The highest BCUT2D eigenvalue weighted by molar-refractivity contribution is 5.76. The van der Waals surface area contributed by atoms with E-state index in [1.54, 1.807) is 42.5 Å². The summed E-state index contributed by atoms with van der Waals surface area (Å²) in [5.74, 6) is 0.714. The largest absolute Gasteiger partial charge is 0.435 e. The maximum absolute atomic E-state index is 13.0. The molecule has 0 radical (unpaired) electrons. The summed E-state index contributed by atoms with van der Waals surface area (Å²) in [5.41, 5.74) is 4.11. The van der Waals surface area contributed by atoms with Crippen LogP contribution in [-0.4, -0.2) is 39.5 Å². The smallest absolute Gasteiger partial charge is 0.243 e. The molecule has 0 amide bonds. The fraction of sp³-hybridized carbons (Fsp3) is 0.280. The maximum atomic E-state index is 13.0. The molecule has 0 fully saturated rings. The Labute approximate surface area is 204 Å². The summed E-state index contributed by atoms with van der Waals surface area (Å²) in [7, 11) is 0. The molecule has 4 aromatic heterocycles. The second-order valence-electron chi connectivity index (χ2n) is 8.90. The summed E-state index contributed by atoms with van der Waals surface area (Å²) in [6.07, 6.45) is 0.504. The van der Waals surface area contributed by atoms with Crippen LogP contribution in [0.15, 0.2) is 49.1 Å². The molecule has 0 unspecified atom stereocenters. The van der Waals surface area contributed by atoms with Gasteiger partial charge in [0.25, 0.3) is 0 Å². The van der Waals surface area contributed by atoms with Crippen LogP contribution in [-0.2, 0) is 12.7 Å². The van der Waals surface area contributed by atoms with Crippen molar-refractivity contribution in [1.29, 1.82) is 0 Å². The van der Waals surface area contributed by atoms with E-state index >= 15 is 0 Å². The monoisotopic (exact) mass is 492 g/mol. The minimum atomic E-state index is -4.49. The van der Waals surface area contributed by atoms with Gasteiger partial charge in [0.2, 0.25) is 0 Å². The van der Waals surface area contributed by atoms with E-state index in [-0.39, 0.29) is 5.92 Å². The van der Waals surface area contributed by atoms with Gasteiger partial charge in [0.15, 0.2) is 17.2 Å². The van der Waals surface area contributed by atoms with E-state index in [1.165, 1.54) is 4.68 Å². The van der Waals surface area contributed by atoms with Gasteiger partial charge in [-0.05, 0) is 43.5 Å². The van der Waals surface area contributed by atoms with Crippen molar-refractivity contribution in [3.8, 4) is 17.1 Å². The van der Waals surface area contributed by atoms with Gasteiger partial charge in [0, 0.05) is 11.9 Å². The fourth-order valence-corrected chi connectivity index (χ4v) is 4.10. The van der Waals surface area contributed by atoms with Crippen molar-refractivity contribution >= 4 is 11.0 Å². The van der Waals surface area contributed by atoms with Gasteiger partial charge in [0.1, 0.15) is 6.33 Å². The molecule has 0 aliphatic heterocycles. The number of rotatable bonds is 5. The molecule has 184 valence electrons. The van der Waals surface area contributed by atoms with Crippen molar-refractivity contribution < 1.29 is 13.2 Å². The van der Waals surface area contributed by atoms with Gasteiger partial charge < -0.3 is 0 Å². The number of benzene rings is 1. The molecule has 11 heteroatoms. The predicted octanol–water partition coefficient (Wildman–Crippen LogP) is 5.28. The molecule has 0 N–H and O–H groups in total. The van der Waals surface area contributed by atoms with Crippen molar-refractivity contribution in [1.82, 2.24) is 39.5 Å². The van der Waals surface area contributed by atoms with E-state index in [1.807, 2.05) is 19.1 Å². The van der Waals surface area contributed by atoms with Gasteiger partial charge in [-0.3, -0.25) is 0 Å². The number of aromatic nitrogens is 8. The Balaban J connectivity index is 1.46. The van der Waals surface area contributed by atoms with Crippen LogP contribution >= 0.6 is 0 Å². The third-order valence-corrected chi connectivity index (χ3v) is 5.90. The third-order valence-electron chi connectivity index (χ3n) is 5.90. The van der Waals surface area contributed by atoms with Crippen LogP contribution in [0.1, 0.15) is 48.1 Å². The molecular weight excluding hydrogens is 469 g/mol. The molecule has 5 aromatic rings. The van der Waals surface area contributed by atoms with Gasteiger partial charge in [-0.25, -0.2) is 29.3 Å². The first-order chi connectivity index (χ1) is 17.1. The fourth-order valence-electron chi connectivity index (χ4n) is 4.10. The second kappa shape index (κ2) is 8.81. The normalized spacial score (nSPS) is 12.1. The molecule has 0 saturated heterocycles. The molecule has 0 aliphatic rings. The van der Waals surface area contributed by atoms with Crippen LogP contribution in [0.5, 0.6) is 0 Å². The molecule has 0 atom stereocenters. The Morgan fingerprint density at radius 2 is 1.72 bits per heavy atom. The summed E-state index contributed by atoms with van der Waals surface area (Å²) in [4.78, 5) is 18.1. The Kier molecular flexibility index (Phi) is 5.77. The molecule has 1 aromatic carbocycles. The quantitative estimate of drug-likeness (QED) is 0.332. The highest BCUT2D eigenvalue weighted by Gasteiger charge is 2.34. The Bertz CT molecular complexity index is 1550. The van der Waals surface area contributed by atoms with Crippen molar-refractivity contribution in [2.45, 2.75) is 46.3 Å². The minimum absolute atomic E-state index is 0.176. The number of aryl methyl sites for hydroxylation is 2. The van der Waals surface area contributed by atoms with Gasteiger partial charge in [-0.1, -0.05) is 26.0 Å². The number of hydrogen-bond acceptors (Lipinski definition) is 6. The van der Waals surface area contributed by atoms with Crippen LogP contribution in [0.25, 0.3) is 28.1 Å². The van der Waals surface area contributed by atoms with E-state index in [9.17, 15) is 13.2 Å². The van der Waals surface area contributed by atoms with Crippen LogP contribution in [0, 0.1) is 13.8 Å². The average Bonchev–Trinajstić information content (AvgIpc) is 3.42. The Morgan fingerprint density at radius 1 is 0.972 bits per heavy atom. The number of halogens is 3. The first-order valence-corrected chi connectivity index (χ1v) is 11.4. The number of nitrogens with zero attached hydrogens (tertiary/aromatic N) is 8. The van der Waals surface area contributed by atoms with E-state index in [0.29, 0.717) is 29.4 Å². The number of alkyl halides is 3. The third kappa shape index (κ3) is 4.32. The van der Waals surface area contributed by atoms with E-state index < -0.39 is 11.9 Å². The van der Waals surface area contributed by atoms with Gasteiger partial charge in [-0.15, -0.1) is 0 Å². The zero-order valence-corrected chi connectivity index (χ0v) is 20.1. The molecule has 8 nitrogen and oxygen atoms in total. The van der Waals surface area contributed by atoms with Crippen molar-refractivity contribution in [3.05, 3.63) is 77.4 Å². The van der Waals surface area contributed by atoms with Crippen LogP contribution in [0.4, 0.5) is 13.2 Å². The summed E-state index contributed by atoms with van der Waals surface area (Å²) < 4.78 is 42.1.